The van der Waals surface area contributed by atoms with Crippen LogP contribution in [-0.4, -0.2) is 11.2 Å². The molecule has 2 aliphatic carbocycles. The number of hydrogen-bond acceptors (Lipinski definition) is 4. The van der Waals surface area contributed by atoms with Crippen LogP contribution in [0.15, 0.2) is 64.8 Å². The molecule has 0 atom stereocenters. The largest absolute Gasteiger partial charge is 0.288 e. The lowest BCUT2D eigenvalue weighted by molar-refractivity contribution is 0.255. The molecule has 2 aliphatic heterocycles. The highest BCUT2D eigenvalue weighted by Gasteiger charge is 2.21. The number of fused-ring (bicyclic) bond motifs is 2. The normalized spacial score (nSPS) is 14.6. The van der Waals surface area contributed by atoms with Crippen molar-refractivity contribution in [1.29, 1.82) is 0 Å². The van der Waals surface area contributed by atoms with E-state index in [-0.39, 0.29) is 0 Å². The molecule has 0 saturated heterocycles. The average Bonchev–Trinajstić information content (AvgIpc) is 2.97. The molecule has 0 bridgehead atoms. The molecule has 1 aromatic rings. The third kappa shape index (κ3) is 2.07. The van der Waals surface area contributed by atoms with E-state index in [9.17, 15) is 0 Å². The van der Waals surface area contributed by atoms with E-state index in [1.165, 1.54) is 22.3 Å². The van der Waals surface area contributed by atoms with Gasteiger partial charge >= 0.3 is 0 Å². The second kappa shape index (κ2) is 5.20. The molecule has 0 amide bonds. The van der Waals surface area contributed by atoms with Crippen LogP contribution in [0.1, 0.15) is 11.1 Å². The second-order valence-electron chi connectivity index (χ2n) is 6.16. The first kappa shape index (κ1) is 13.3. The van der Waals surface area contributed by atoms with Crippen LogP contribution in [0.4, 0.5) is 5.69 Å². The molecule has 0 unspecified atom stereocenters. The number of nitrogens with zero attached hydrogens (tertiary/aromatic N) is 3. The Morgan fingerprint density at radius 2 is 1.92 bits per heavy atom. The summed E-state index contributed by atoms with van der Waals surface area (Å²) in [5.41, 5.74) is 9.22. The summed E-state index contributed by atoms with van der Waals surface area (Å²) in [5.74, 6) is 0. The van der Waals surface area contributed by atoms with E-state index in [4.69, 9.17) is 5.10 Å². The number of rotatable bonds is 2. The Labute approximate surface area is 139 Å². The monoisotopic (exact) mass is 312 g/mol. The van der Waals surface area contributed by atoms with Crippen molar-refractivity contribution in [2.45, 2.75) is 13.1 Å². The Morgan fingerprint density at radius 3 is 2.83 bits per heavy atom. The lowest BCUT2D eigenvalue weighted by atomic mass is 10.0. The van der Waals surface area contributed by atoms with Gasteiger partial charge in [0.1, 0.15) is 0 Å². The van der Waals surface area contributed by atoms with Gasteiger partial charge in [-0.15, -0.1) is 0 Å². The summed E-state index contributed by atoms with van der Waals surface area (Å²) in [6.45, 7) is 1.63. The maximum absolute atomic E-state index is 4.85. The SMILES string of the molecule is C1=NNc2c3ccc4c-3c(ccc2=C1)CN(Cc1ccccc1)N=4. The average molecular weight is 312 g/mol. The molecule has 24 heavy (non-hydrogen) atoms. The van der Waals surface area contributed by atoms with Crippen LogP contribution in [-0.2, 0) is 13.1 Å². The maximum atomic E-state index is 4.85. The van der Waals surface area contributed by atoms with Crippen LogP contribution in [0, 0.1) is 0 Å². The molecule has 0 radical (unpaired) electrons. The minimum absolute atomic E-state index is 0.816. The molecular weight excluding hydrogens is 296 g/mol. The second-order valence-corrected chi connectivity index (χ2v) is 6.16. The summed E-state index contributed by atoms with van der Waals surface area (Å²) in [6.07, 6.45) is 3.84. The highest BCUT2D eigenvalue weighted by Crippen LogP contribution is 2.31. The number of hydrazone groups is 1. The van der Waals surface area contributed by atoms with Crippen molar-refractivity contribution in [2.75, 3.05) is 5.43 Å². The quantitative estimate of drug-likeness (QED) is 0.790. The van der Waals surface area contributed by atoms with E-state index in [0.29, 0.717) is 0 Å². The van der Waals surface area contributed by atoms with E-state index < -0.39 is 0 Å². The number of nitrogens with one attached hydrogen (secondary N) is 1. The highest BCUT2D eigenvalue weighted by molar-refractivity contribution is 5.96. The predicted octanol–water partition coefficient (Wildman–Crippen LogP) is 2.53. The smallest absolute Gasteiger partial charge is 0.0914 e. The van der Waals surface area contributed by atoms with Crippen LogP contribution in [0.3, 0.4) is 0 Å². The summed E-state index contributed by atoms with van der Waals surface area (Å²) in [7, 11) is 0. The number of benzene rings is 1. The van der Waals surface area contributed by atoms with Crippen molar-refractivity contribution < 1.29 is 0 Å². The van der Waals surface area contributed by atoms with E-state index >= 15 is 0 Å². The highest BCUT2D eigenvalue weighted by atomic mass is 15.4. The van der Waals surface area contributed by atoms with Gasteiger partial charge in [0.2, 0.25) is 0 Å². The van der Waals surface area contributed by atoms with Gasteiger partial charge in [-0.1, -0.05) is 42.5 Å². The lowest BCUT2D eigenvalue weighted by Crippen LogP contribution is -2.25. The molecule has 4 aliphatic rings. The molecule has 2 heterocycles. The van der Waals surface area contributed by atoms with Gasteiger partial charge in [0.25, 0.3) is 0 Å². The summed E-state index contributed by atoms with van der Waals surface area (Å²) < 4.78 is 0. The van der Waals surface area contributed by atoms with Gasteiger partial charge in [-0.25, -0.2) is 0 Å². The van der Waals surface area contributed by atoms with E-state index in [1.807, 2.05) is 12.1 Å². The number of hydrogen-bond donors (Lipinski definition) is 1. The Morgan fingerprint density at radius 1 is 1.00 bits per heavy atom. The van der Waals surface area contributed by atoms with Crippen LogP contribution in [0.2, 0.25) is 0 Å². The molecule has 0 spiro atoms. The fourth-order valence-electron chi connectivity index (χ4n) is 3.49. The topological polar surface area (TPSA) is 40.0 Å². The number of anilines is 1. The van der Waals surface area contributed by atoms with E-state index in [1.54, 1.807) is 6.21 Å². The molecule has 1 N–H and O–H groups in total. The molecule has 4 heteroatoms. The van der Waals surface area contributed by atoms with Gasteiger partial charge in [-0.05, 0) is 29.3 Å². The Balaban J connectivity index is 1.62. The zero-order valence-electron chi connectivity index (χ0n) is 13.1. The van der Waals surface area contributed by atoms with Gasteiger partial charge in [-0.3, -0.25) is 10.4 Å². The molecule has 0 fully saturated rings. The van der Waals surface area contributed by atoms with Crippen LogP contribution < -0.4 is 16.0 Å². The third-order valence-corrected chi connectivity index (χ3v) is 4.59. The first-order valence-corrected chi connectivity index (χ1v) is 8.10. The molecule has 0 aromatic heterocycles. The Bertz CT molecular complexity index is 1040. The summed E-state index contributed by atoms with van der Waals surface area (Å²) in [6, 6.07) is 19.1. The standard InChI is InChI=1S/C20H16N4/c1-2-4-14(5-3-1)12-24-13-16-7-6-15-10-11-21-22-20(15)17-8-9-18(23-24)19(16)17/h1-11,22H,12-13H2. The molecule has 0 saturated carbocycles. The van der Waals surface area contributed by atoms with Crippen molar-refractivity contribution in [3.63, 3.8) is 0 Å². The van der Waals surface area contributed by atoms with Crippen LogP contribution >= 0.6 is 0 Å². The van der Waals surface area contributed by atoms with Gasteiger partial charge < -0.3 is 0 Å². The van der Waals surface area contributed by atoms with Crippen LogP contribution in [0.5, 0.6) is 0 Å². The van der Waals surface area contributed by atoms with Gasteiger partial charge in [-0.2, -0.15) is 10.2 Å². The third-order valence-electron chi connectivity index (χ3n) is 4.59. The fraction of sp³-hybridized carbons (Fsp3) is 0.100. The fourth-order valence-corrected chi connectivity index (χ4v) is 3.49. The van der Waals surface area contributed by atoms with Crippen molar-refractivity contribution in [1.82, 2.24) is 5.01 Å². The minimum atomic E-state index is 0.816. The predicted molar refractivity (Wildman–Crippen MR) is 96.1 cm³/mol. The maximum Gasteiger partial charge on any atom is 0.0914 e. The summed E-state index contributed by atoms with van der Waals surface area (Å²) >= 11 is 0. The van der Waals surface area contributed by atoms with E-state index in [0.717, 1.165) is 29.4 Å². The first-order chi connectivity index (χ1) is 11.9. The van der Waals surface area contributed by atoms with Crippen molar-refractivity contribution >= 4 is 18.0 Å². The summed E-state index contributed by atoms with van der Waals surface area (Å²) in [4.78, 5) is 0. The molecule has 5 rings (SSSR count). The Kier molecular flexibility index (Phi) is 2.88. The molecular formula is C20H16N4. The zero-order chi connectivity index (χ0) is 15.9. The molecule has 116 valence electrons. The molecule has 1 aromatic carbocycles. The van der Waals surface area contributed by atoms with Crippen molar-refractivity contribution in [2.24, 2.45) is 10.2 Å². The van der Waals surface area contributed by atoms with Crippen molar-refractivity contribution in [3.05, 3.63) is 76.3 Å². The molecule has 4 nitrogen and oxygen atoms in total. The minimum Gasteiger partial charge on any atom is -0.288 e. The van der Waals surface area contributed by atoms with Gasteiger partial charge in [0.05, 0.1) is 24.1 Å². The zero-order valence-corrected chi connectivity index (χ0v) is 13.1. The van der Waals surface area contributed by atoms with Gasteiger partial charge in [0.15, 0.2) is 0 Å². The Hall–Kier alpha value is -3.14. The van der Waals surface area contributed by atoms with Gasteiger partial charge in [0, 0.05) is 22.6 Å². The summed E-state index contributed by atoms with van der Waals surface area (Å²) in [5, 5.41) is 13.4. The van der Waals surface area contributed by atoms with Crippen LogP contribution in [0.25, 0.3) is 17.2 Å². The first-order valence-electron chi connectivity index (χ1n) is 8.10. The lowest BCUT2D eigenvalue weighted by Gasteiger charge is -2.23. The van der Waals surface area contributed by atoms with E-state index in [2.05, 4.69) is 64.1 Å². The van der Waals surface area contributed by atoms with Crippen molar-refractivity contribution in [3.8, 4) is 11.1 Å².